The lowest BCUT2D eigenvalue weighted by Crippen LogP contribution is -2.16. The molecule has 0 saturated carbocycles. The van der Waals surface area contributed by atoms with Crippen molar-refractivity contribution >= 4 is 23.1 Å². The molecule has 0 aliphatic carbocycles. The van der Waals surface area contributed by atoms with Crippen LogP contribution in [0.15, 0.2) is 131 Å². The summed E-state index contributed by atoms with van der Waals surface area (Å²) in [5, 5.41) is 9.87. The molecule has 0 atom stereocenters. The summed E-state index contributed by atoms with van der Waals surface area (Å²) in [6.45, 7) is 0.492. The number of nitrogens with one attached hydrogen (secondary N) is 1. The Morgan fingerprint density at radius 3 is 2.38 bits per heavy atom. The largest absolute Gasteiger partial charge is 0.489 e. The van der Waals surface area contributed by atoms with E-state index in [9.17, 15) is 4.79 Å². The second-order valence-corrected chi connectivity index (χ2v) is 8.86. The highest BCUT2D eigenvalue weighted by atomic mass is 16.5. The number of benzene rings is 4. The molecule has 190 valence electrons. The molecule has 2 heterocycles. The maximum Gasteiger partial charge on any atom is 0.307 e. The lowest BCUT2D eigenvalue weighted by Gasteiger charge is -2.07. The lowest BCUT2D eigenvalue weighted by atomic mass is 10.1. The zero-order valence-electron chi connectivity index (χ0n) is 20.9. The quantitative estimate of drug-likeness (QED) is 0.183. The van der Waals surface area contributed by atoms with Crippen LogP contribution in [0.1, 0.15) is 21.7 Å². The number of amides is 1. The Bertz CT molecular complexity index is 1700. The van der Waals surface area contributed by atoms with E-state index in [2.05, 4.69) is 10.5 Å². The van der Waals surface area contributed by atoms with Crippen molar-refractivity contribution in [3.63, 3.8) is 0 Å². The maximum absolute atomic E-state index is 12.6. The van der Waals surface area contributed by atoms with Crippen molar-refractivity contribution < 1.29 is 13.9 Å². The minimum Gasteiger partial charge on any atom is -0.489 e. The molecule has 0 bridgehead atoms. The Kier molecular flexibility index (Phi) is 6.69. The third kappa shape index (κ3) is 5.47. The van der Waals surface area contributed by atoms with Gasteiger partial charge in [-0.2, -0.15) is 10.2 Å². The highest BCUT2D eigenvalue weighted by Crippen LogP contribution is 2.26. The minimum absolute atomic E-state index is 0.194. The average Bonchev–Trinajstić information content (AvgIpc) is 3.62. The Morgan fingerprint density at radius 1 is 0.897 bits per heavy atom. The molecule has 0 spiro atoms. The third-order valence-electron chi connectivity index (χ3n) is 6.16. The normalized spacial score (nSPS) is 11.2. The lowest BCUT2D eigenvalue weighted by molar-refractivity contribution is 0.0929. The van der Waals surface area contributed by atoms with Gasteiger partial charge >= 0.3 is 5.91 Å². The minimum atomic E-state index is -0.431. The van der Waals surface area contributed by atoms with Crippen molar-refractivity contribution in [2.24, 2.45) is 5.10 Å². The molecule has 0 unspecified atom stereocenters. The molecule has 0 radical (unpaired) electrons. The van der Waals surface area contributed by atoms with E-state index in [4.69, 9.17) is 14.3 Å². The van der Waals surface area contributed by atoms with Crippen LogP contribution in [0.4, 0.5) is 0 Å². The Hall–Kier alpha value is -5.43. The van der Waals surface area contributed by atoms with Gasteiger partial charge < -0.3 is 9.15 Å². The van der Waals surface area contributed by atoms with Crippen molar-refractivity contribution in [3.05, 3.63) is 138 Å². The highest BCUT2D eigenvalue weighted by molar-refractivity contribution is 5.97. The number of aromatic nitrogens is 2. The molecule has 0 aliphatic rings. The molecule has 1 amide bonds. The molecule has 2 aromatic heterocycles. The van der Waals surface area contributed by atoms with Gasteiger partial charge in [-0.1, -0.05) is 66.7 Å². The van der Waals surface area contributed by atoms with Crippen LogP contribution in [-0.2, 0) is 6.61 Å². The van der Waals surface area contributed by atoms with Crippen LogP contribution in [0.2, 0.25) is 0 Å². The van der Waals surface area contributed by atoms with Gasteiger partial charge in [-0.05, 0) is 54.1 Å². The molecule has 4 aromatic carbocycles. The number of rotatable bonds is 8. The Labute approximate surface area is 225 Å². The summed E-state index contributed by atoms with van der Waals surface area (Å²) in [4.78, 5) is 12.6. The summed E-state index contributed by atoms with van der Waals surface area (Å²) >= 11 is 0. The molecule has 7 heteroatoms. The molecule has 7 nitrogen and oxygen atoms in total. The first-order valence-electron chi connectivity index (χ1n) is 12.5. The molecule has 6 aromatic rings. The van der Waals surface area contributed by atoms with Crippen molar-refractivity contribution in [3.8, 4) is 22.7 Å². The predicted molar refractivity (Wildman–Crippen MR) is 151 cm³/mol. The van der Waals surface area contributed by atoms with Crippen LogP contribution >= 0.6 is 0 Å². The summed E-state index contributed by atoms with van der Waals surface area (Å²) in [6, 6.07) is 36.8. The summed E-state index contributed by atoms with van der Waals surface area (Å²) < 4.78 is 13.4. The first kappa shape index (κ1) is 23.9. The van der Waals surface area contributed by atoms with Gasteiger partial charge in [0.05, 0.1) is 11.9 Å². The van der Waals surface area contributed by atoms with E-state index in [1.807, 2.05) is 115 Å². The van der Waals surface area contributed by atoms with Crippen molar-refractivity contribution in [1.29, 1.82) is 0 Å². The molecule has 39 heavy (non-hydrogen) atoms. The molecular weight excluding hydrogens is 488 g/mol. The number of carbonyl (C=O) groups is 1. The fraction of sp³-hybridized carbons (Fsp3) is 0.0312. The number of furan rings is 1. The van der Waals surface area contributed by atoms with Gasteiger partial charge in [0.15, 0.2) is 5.76 Å². The fourth-order valence-electron chi connectivity index (χ4n) is 4.18. The predicted octanol–water partition coefficient (Wildman–Crippen LogP) is 6.63. The van der Waals surface area contributed by atoms with Crippen LogP contribution in [0, 0.1) is 0 Å². The summed E-state index contributed by atoms with van der Waals surface area (Å²) in [5.74, 6) is 0.525. The van der Waals surface area contributed by atoms with Gasteiger partial charge in [0.1, 0.15) is 23.6 Å². The zero-order chi connectivity index (χ0) is 26.4. The van der Waals surface area contributed by atoms with Gasteiger partial charge in [-0.25, -0.2) is 10.1 Å². The van der Waals surface area contributed by atoms with Gasteiger partial charge in [-0.3, -0.25) is 4.79 Å². The van der Waals surface area contributed by atoms with E-state index in [-0.39, 0.29) is 5.76 Å². The topological polar surface area (TPSA) is 81.7 Å². The zero-order valence-corrected chi connectivity index (χ0v) is 20.9. The molecule has 0 aliphatic heterocycles. The van der Waals surface area contributed by atoms with E-state index in [1.54, 1.807) is 17.0 Å². The number of carbonyl (C=O) groups excluding carboxylic acids is 1. The van der Waals surface area contributed by atoms with Crippen molar-refractivity contribution in [2.45, 2.75) is 6.61 Å². The van der Waals surface area contributed by atoms with E-state index in [1.165, 1.54) is 0 Å². The SMILES string of the molecule is O=C(N/N=C\c1cn(-c2ccccc2)nc1-c1ccc(OCc2ccccc2)cc1)c1cc2ccccc2o1. The Morgan fingerprint density at radius 2 is 1.62 bits per heavy atom. The van der Waals surface area contributed by atoms with Crippen molar-refractivity contribution in [2.75, 3.05) is 0 Å². The smallest absolute Gasteiger partial charge is 0.307 e. The van der Waals surface area contributed by atoms with Crippen molar-refractivity contribution in [1.82, 2.24) is 15.2 Å². The van der Waals surface area contributed by atoms with Crippen LogP contribution in [0.3, 0.4) is 0 Å². The fourth-order valence-corrected chi connectivity index (χ4v) is 4.18. The number of hydrogen-bond acceptors (Lipinski definition) is 5. The first-order valence-corrected chi connectivity index (χ1v) is 12.5. The highest BCUT2D eigenvalue weighted by Gasteiger charge is 2.14. The van der Waals surface area contributed by atoms with E-state index >= 15 is 0 Å². The first-order chi connectivity index (χ1) is 19.2. The summed E-state index contributed by atoms with van der Waals surface area (Å²) in [6.07, 6.45) is 3.46. The van der Waals surface area contributed by atoms with Gasteiger partial charge in [0.2, 0.25) is 0 Å². The Balaban J connectivity index is 1.23. The molecular formula is C32H24N4O3. The van der Waals surface area contributed by atoms with Gasteiger partial charge in [0.25, 0.3) is 0 Å². The van der Waals surface area contributed by atoms with E-state index in [0.717, 1.165) is 39.2 Å². The number of nitrogens with zero attached hydrogens (tertiary/aromatic N) is 3. The molecule has 6 rings (SSSR count). The average molecular weight is 513 g/mol. The molecule has 0 saturated heterocycles. The monoisotopic (exact) mass is 512 g/mol. The maximum atomic E-state index is 12.6. The number of fused-ring (bicyclic) bond motifs is 1. The van der Waals surface area contributed by atoms with E-state index < -0.39 is 5.91 Å². The van der Waals surface area contributed by atoms with Crippen LogP contribution < -0.4 is 10.2 Å². The van der Waals surface area contributed by atoms with Gasteiger partial charge in [0, 0.05) is 22.7 Å². The van der Waals surface area contributed by atoms with Crippen LogP contribution in [0.5, 0.6) is 5.75 Å². The summed E-state index contributed by atoms with van der Waals surface area (Å²) in [5.41, 5.74) is 7.56. The van der Waals surface area contributed by atoms with Crippen LogP contribution in [0.25, 0.3) is 27.9 Å². The second-order valence-electron chi connectivity index (χ2n) is 8.86. The third-order valence-corrected chi connectivity index (χ3v) is 6.16. The number of ether oxygens (including phenoxy) is 1. The second kappa shape index (κ2) is 10.9. The molecule has 0 fully saturated rings. The molecule has 1 N–H and O–H groups in total. The van der Waals surface area contributed by atoms with Gasteiger partial charge in [-0.15, -0.1) is 0 Å². The van der Waals surface area contributed by atoms with E-state index in [0.29, 0.717) is 12.2 Å². The standard InChI is InChI=1S/C32H24N4O3/c37-32(30-19-25-11-7-8-14-29(25)39-30)34-33-20-26-21-36(27-12-5-2-6-13-27)35-31(26)24-15-17-28(18-16-24)38-22-23-9-3-1-4-10-23/h1-21H,22H2,(H,34,37)/b33-20-. The van der Waals surface area contributed by atoms with Crippen LogP contribution in [-0.4, -0.2) is 21.9 Å². The summed E-state index contributed by atoms with van der Waals surface area (Å²) in [7, 11) is 0. The number of hydrazone groups is 1. The number of hydrogen-bond donors (Lipinski definition) is 1. The number of para-hydroxylation sites is 2.